The molecule has 0 radical (unpaired) electrons. The van der Waals surface area contributed by atoms with Crippen LogP contribution in [-0.4, -0.2) is 15.0 Å². The van der Waals surface area contributed by atoms with Gasteiger partial charge < -0.3 is 10.7 Å². The van der Waals surface area contributed by atoms with Gasteiger partial charge in [0.25, 0.3) is 0 Å². The van der Waals surface area contributed by atoms with E-state index in [1.54, 1.807) is 6.07 Å². The topological polar surface area (TPSA) is 67.6 Å². The highest BCUT2D eigenvalue weighted by Crippen LogP contribution is 2.27. The molecule has 3 rings (SSSR count). The van der Waals surface area contributed by atoms with E-state index in [-0.39, 0.29) is 0 Å². The largest absolute Gasteiger partial charge is 0.384 e. The van der Waals surface area contributed by atoms with E-state index in [0.29, 0.717) is 11.5 Å². The molecular weight excluding hydrogens is 407 g/mol. The number of nitrogens with two attached hydrogens (primary N) is 1. The van der Waals surface area contributed by atoms with Crippen molar-refractivity contribution < 1.29 is 0 Å². The average Bonchev–Trinajstić information content (AvgIpc) is 2.74. The van der Waals surface area contributed by atoms with Gasteiger partial charge in [0.2, 0.25) is 0 Å². The fourth-order valence-corrected chi connectivity index (χ4v) is 2.67. The molecule has 18 heavy (non-hydrogen) atoms. The van der Waals surface area contributed by atoms with Crippen LogP contribution in [0.25, 0.3) is 22.6 Å². The Balaban J connectivity index is 2.22. The number of imidazole rings is 1. The average molecular weight is 415 g/mol. The summed E-state index contributed by atoms with van der Waals surface area (Å²) >= 11 is 5.75. The Labute approximate surface area is 125 Å². The van der Waals surface area contributed by atoms with Crippen LogP contribution in [0.3, 0.4) is 0 Å². The van der Waals surface area contributed by atoms with Crippen molar-refractivity contribution in [1.29, 1.82) is 0 Å². The minimum absolute atomic E-state index is 0.476. The van der Waals surface area contributed by atoms with Crippen LogP contribution in [-0.2, 0) is 0 Å². The fourth-order valence-electron chi connectivity index (χ4n) is 1.71. The van der Waals surface area contributed by atoms with Crippen LogP contribution < -0.4 is 5.73 Å². The molecule has 90 valence electrons. The van der Waals surface area contributed by atoms with Gasteiger partial charge in [0, 0.05) is 13.6 Å². The molecule has 4 nitrogen and oxygen atoms in total. The molecule has 0 aliphatic carbocycles. The molecule has 0 atom stereocenters. The Morgan fingerprint density at radius 1 is 1.17 bits per heavy atom. The monoisotopic (exact) mass is 414 g/mol. The lowest BCUT2D eigenvalue weighted by molar-refractivity contribution is 1.30. The number of rotatable bonds is 1. The van der Waals surface area contributed by atoms with E-state index >= 15 is 0 Å². The molecule has 2 aromatic heterocycles. The molecule has 0 aliphatic rings. The molecule has 3 N–H and O–H groups in total. The summed E-state index contributed by atoms with van der Waals surface area (Å²) in [6, 6.07) is 9.72. The second kappa shape index (κ2) is 4.51. The molecule has 2 heterocycles. The minimum atomic E-state index is 0.476. The molecule has 0 unspecified atom stereocenters. The molecule has 0 amide bonds. The molecular formula is C12H8BrIN4. The van der Waals surface area contributed by atoms with Crippen LogP contribution in [0.15, 0.2) is 34.8 Å². The van der Waals surface area contributed by atoms with Crippen molar-refractivity contribution in [2.75, 3.05) is 5.73 Å². The number of nitrogens with zero attached hydrogens (tertiary/aromatic N) is 2. The number of benzene rings is 1. The minimum Gasteiger partial charge on any atom is -0.384 e. The van der Waals surface area contributed by atoms with E-state index in [2.05, 4.69) is 53.5 Å². The van der Waals surface area contributed by atoms with Crippen LogP contribution >= 0.6 is 38.5 Å². The van der Waals surface area contributed by atoms with Gasteiger partial charge in [-0.1, -0.05) is 15.9 Å². The molecule has 3 aromatic rings. The van der Waals surface area contributed by atoms with Crippen molar-refractivity contribution in [3.63, 3.8) is 0 Å². The molecule has 6 heteroatoms. The number of hydrogen-bond donors (Lipinski definition) is 2. The maximum atomic E-state index is 5.65. The second-order valence-corrected chi connectivity index (χ2v) is 5.89. The summed E-state index contributed by atoms with van der Waals surface area (Å²) in [5.74, 6) is 1.28. The zero-order valence-corrected chi connectivity index (χ0v) is 12.9. The first-order valence-corrected chi connectivity index (χ1v) is 7.08. The molecule has 0 spiro atoms. The third-order valence-electron chi connectivity index (χ3n) is 2.55. The normalized spacial score (nSPS) is 11.0. The van der Waals surface area contributed by atoms with Crippen LogP contribution in [0.1, 0.15) is 0 Å². The maximum absolute atomic E-state index is 5.65. The Morgan fingerprint density at radius 2 is 2.00 bits per heavy atom. The van der Waals surface area contributed by atoms with Crippen molar-refractivity contribution in [3.05, 3.63) is 38.4 Å². The SMILES string of the molecule is Nc1ccc2[nH]c(-c3cc(Br)ccc3I)nc2n1. The van der Waals surface area contributed by atoms with Crippen molar-refractivity contribution in [3.8, 4) is 11.4 Å². The predicted molar refractivity (Wildman–Crippen MR) is 84.2 cm³/mol. The fraction of sp³-hybridized carbons (Fsp3) is 0. The van der Waals surface area contributed by atoms with Gasteiger partial charge in [-0.3, -0.25) is 0 Å². The van der Waals surface area contributed by atoms with Gasteiger partial charge >= 0.3 is 0 Å². The second-order valence-electron chi connectivity index (χ2n) is 3.82. The van der Waals surface area contributed by atoms with Crippen molar-refractivity contribution in [1.82, 2.24) is 15.0 Å². The van der Waals surface area contributed by atoms with Crippen molar-refractivity contribution in [2.24, 2.45) is 0 Å². The summed E-state index contributed by atoms with van der Waals surface area (Å²) < 4.78 is 2.15. The number of fused-ring (bicyclic) bond motifs is 1. The molecule has 0 fully saturated rings. The number of aromatic nitrogens is 3. The number of halogens is 2. The van der Waals surface area contributed by atoms with Crippen LogP contribution in [0.2, 0.25) is 0 Å². The van der Waals surface area contributed by atoms with Crippen LogP contribution in [0.5, 0.6) is 0 Å². The number of anilines is 1. The first-order valence-electron chi connectivity index (χ1n) is 5.21. The van der Waals surface area contributed by atoms with Gasteiger partial charge in [-0.05, 0) is 52.9 Å². The number of nitrogens with one attached hydrogen (secondary N) is 1. The number of H-pyrrole nitrogens is 1. The Morgan fingerprint density at radius 3 is 2.83 bits per heavy atom. The summed E-state index contributed by atoms with van der Waals surface area (Å²) in [5, 5.41) is 0. The van der Waals surface area contributed by atoms with Crippen LogP contribution in [0.4, 0.5) is 5.82 Å². The van der Waals surface area contributed by atoms with Gasteiger partial charge in [0.15, 0.2) is 5.65 Å². The standard InChI is InChI=1S/C12H8BrIN4/c13-6-1-2-8(14)7(5-6)11-16-9-3-4-10(15)17-12(9)18-11/h1-5H,(H3,15,16,17,18). The lowest BCUT2D eigenvalue weighted by atomic mass is 10.2. The number of pyridine rings is 1. The summed E-state index contributed by atoms with van der Waals surface area (Å²) in [6.07, 6.45) is 0. The number of nitrogen functional groups attached to an aromatic ring is 1. The molecule has 0 aliphatic heterocycles. The molecule has 0 bridgehead atoms. The Kier molecular flexibility index (Phi) is 2.98. The quantitative estimate of drug-likeness (QED) is 0.598. The highest BCUT2D eigenvalue weighted by molar-refractivity contribution is 14.1. The lowest BCUT2D eigenvalue weighted by Crippen LogP contribution is -1.88. The molecule has 0 saturated carbocycles. The van der Waals surface area contributed by atoms with Crippen molar-refractivity contribution >= 4 is 55.5 Å². The molecule has 1 aromatic carbocycles. The predicted octanol–water partition coefficient (Wildman–Crippen LogP) is 3.57. The Hall–Kier alpha value is -1.15. The van der Waals surface area contributed by atoms with E-state index in [1.165, 1.54) is 0 Å². The first kappa shape index (κ1) is 11.9. The summed E-state index contributed by atoms with van der Waals surface area (Å²) in [4.78, 5) is 11.9. The van der Waals surface area contributed by atoms with E-state index < -0.39 is 0 Å². The zero-order chi connectivity index (χ0) is 12.7. The van der Waals surface area contributed by atoms with E-state index in [1.807, 2.05) is 24.3 Å². The van der Waals surface area contributed by atoms with E-state index in [4.69, 9.17) is 5.73 Å². The van der Waals surface area contributed by atoms with Crippen molar-refractivity contribution in [2.45, 2.75) is 0 Å². The van der Waals surface area contributed by atoms with Gasteiger partial charge in [0.05, 0.1) is 5.52 Å². The highest BCUT2D eigenvalue weighted by atomic mass is 127. The third-order valence-corrected chi connectivity index (χ3v) is 3.98. The smallest absolute Gasteiger partial charge is 0.180 e. The third kappa shape index (κ3) is 2.10. The zero-order valence-electron chi connectivity index (χ0n) is 9.11. The number of hydrogen-bond acceptors (Lipinski definition) is 3. The summed E-state index contributed by atoms with van der Waals surface area (Å²) in [5.41, 5.74) is 8.22. The lowest BCUT2D eigenvalue weighted by Gasteiger charge is -2.01. The maximum Gasteiger partial charge on any atom is 0.180 e. The summed E-state index contributed by atoms with van der Waals surface area (Å²) in [7, 11) is 0. The van der Waals surface area contributed by atoms with E-state index in [0.717, 1.165) is 24.9 Å². The Bertz CT molecular complexity index is 738. The highest BCUT2D eigenvalue weighted by Gasteiger charge is 2.10. The van der Waals surface area contributed by atoms with Gasteiger partial charge in [-0.25, -0.2) is 9.97 Å². The molecule has 0 saturated heterocycles. The van der Waals surface area contributed by atoms with Gasteiger partial charge in [-0.2, -0.15) is 0 Å². The first-order chi connectivity index (χ1) is 8.63. The van der Waals surface area contributed by atoms with Crippen LogP contribution in [0, 0.1) is 3.57 Å². The number of aromatic amines is 1. The summed E-state index contributed by atoms with van der Waals surface area (Å²) in [6.45, 7) is 0. The van der Waals surface area contributed by atoms with E-state index in [9.17, 15) is 0 Å². The van der Waals surface area contributed by atoms with Gasteiger partial charge in [-0.15, -0.1) is 0 Å². The van der Waals surface area contributed by atoms with Gasteiger partial charge in [0.1, 0.15) is 11.6 Å².